The van der Waals surface area contributed by atoms with Crippen molar-refractivity contribution in [1.82, 2.24) is 15.0 Å². The Labute approximate surface area is 186 Å². The number of pyridine rings is 1. The third kappa shape index (κ3) is 4.23. The van der Waals surface area contributed by atoms with E-state index in [1.54, 1.807) is 31.6 Å². The zero-order valence-electron chi connectivity index (χ0n) is 17.9. The second-order valence-electron chi connectivity index (χ2n) is 7.82. The zero-order chi connectivity index (χ0) is 21.9. The first-order valence-corrected chi connectivity index (χ1v) is 10.7. The van der Waals surface area contributed by atoms with Gasteiger partial charge in [-0.05, 0) is 43.2 Å². The van der Waals surface area contributed by atoms with Crippen LogP contribution in [-0.4, -0.2) is 54.3 Å². The first-order valence-electron chi connectivity index (χ1n) is 10.7. The number of nitrogens with one attached hydrogen (secondary N) is 1. The van der Waals surface area contributed by atoms with Gasteiger partial charge in [0.25, 0.3) is 0 Å². The van der Waals surface area contributed by atoms with E-state index in [9.17, 15) is 4.39 Å². The standard InChI is InChI=1S/C23H25FN6O2/c1-31-21-14-19(6-9-25-21)29-10-7-17(8-11-29)27-23-26-15-20-22(28-23)30(12-13-32-20)18-4-2-16(24)3-5-18/h2-6,9,14-15,17H,7-8,10-13H2,1H3,(H,26,27,28). The lowest BCUT2D eigenvalue weighted by Crippen LogP contribution is -2.39. The molecular formula is C23H25FN6O2. The number of fused-ring (bicyclic) bond motifs is 1. The molecule has 2 aliphatic heterocycles. The van der Waals surface area contributed by atoms with Crippen LogP contribution < -0.4 is 24.6 Å². The van der Waals surface area contributed by atoms with Gasteiger partial charge >= 0.3 is 0 Å². The molecule has 0 amide bonds. The van der Waals surface area contributed by atoms with Crippen LogP contribution in [0, 0.1) is 5.82 Å². The fourth-order valence-corrected chi connectivity index (χ4v) is 4.12. The van der Waals surface area contributed by atoms with Gasteiger partial charge in [-0.1, -0.05) is 0 Å². The molecule has 1 fully saturated rings. The Morgan fingerprint density at radius 2 is 1.88 bits per heavy atom. The molecule has 2 aromatic heterocycles. The predicted molar refractivity (Wildman–Crippen MR) is 121 cm³/mol. The van der Waals surface area contributed by atoms with E-state index < -0.39 is 0 Å². The van der Waals surface area contributed by atoms with E-state index in [4.69, 9.17) is 14.5 Å². The molecule has 1 saturated heterocycles. The summed E-state index contributed by atoms with van der Waals surface area (Å²) in [6.45, 7) is 3.00. The van der Waals surface area contributed by atoms with Crippen molar-refractivity contribution in [2.75, 3.05) is 48.5 Å². The lowest BCUT2D eigenvalue weighted by atomic mass is 10.0. The SMILES string of the molecule is COc1cc(N2CCC(Nc3ncc4c(n3)N(c3ccc(F)cc3)CCO4)CC2)ccn1. The monoisotopic (exact) mass is 436 g/mol. The summed E-state index contributed by atoms with van der Waals surface area (Å²) in [5.74, 6) is 2.27. The molecule has 0 saturated carbocycles. The van der Waals surface area contributed by atoms with E-state index in [1.807, 2.05) is 17.0 Å². The fraction of sp³-hybridized carbons (Fsp3) is 0.348. The maximum atomic E-state index is 13.4. The molecule has 0 spiro atoms. The van der Waals surface area contributed by atoms with Gasteiger partial charge in [-0.25, -0.2) is 14.4 Å². The number of aromatic nitrogens is 3. The average molecular weight is 436 g/mol. The lowest BCUT2D eigenvalue weighted by Gasteiger charge is -2.34. The first kappa shape index (κ1) is 20.3. The van der Waals surface area contributed by atoms with Gasteiger partial charge in [-0.3, -0.25) is 0 Å². The summed E-state index contributed by atoms with van der Waals surface area (Å²) in [7, 11) is 1.63. The van der Waals surface area contributed by atoms with Crippen LogP contribution in [0.5, 0.6) is 11.6 Å². The number of nitrogens with zero attached hydrogens (tertiary/aromatic N) is 5. The smallest absolute Gasteiger partial charge is 0.225 e. The molecule has 8 nitrogen and oxygen atoms in total. The molecule has 2 aliphatic rings. The number of halogens is 1. The first-order chi connectivity index (χ1) is 15.7. The van der Waals surface area contributed by atoms with Gasteiger partial charge in [0.2, 0.25) is 11.8 Å². The fourth-order valence-electron chi connectivity index (χ4n) is 4.12. The molecular weight excluding hydrogens is 411 g/mol. The highest BCUT2D eigenvalue weighted by atomic mass is 19.1. The Morgan fingerprint density at radius 1 is 1.06 bits per heavy atom. The Morgan fingerprint density at radius 3 is 2.66 bits per heavy atom. The van der Waals surface area contributed by atoms with Gasteiger partial charge in [-0.15, -0.1) is 0 Å². The maximum absolute atomic E-state index is 13.4. The minimum absolute atomic E-state index is 0.260. The summed E-state index contributed by atoms with van der Waals surface area (Å²) in [6, 6.07) is 10.7. The highest BCUT2D eigenvalue weighted by molar-refractivity contribution is 5.67. The number of hydrogen-bond donors (Lipinski definition) is 1. The molecule has 0 atom stereocenters. The highest BCUT2D eigenvalue weighted by Gasteiger charge is 2.24. The molecule has 5 rings (SSSR count). The normalized spacial score (nSPS) is 16.3. The van der Waals surface area contributed by atoms with Crippen LogP contribution >= 0.6 is 0 Å². The van der Waals surface area contributed by atoms with E-state index in [1.165, 1.54) is 12.1 Å². The van der Waals surface area contributed by atoms with E-state index in [0.717, 1.165) is 37.3 Å². The summed E-state index contributed by atoms with van der Waals surface area (Å²) in [5, 5.41) is 3.48. The third-order valence-corrected chi connectivity index (χ3v) is 5.82. The van der Waals surface area contributed by atoms with E-state index in [2.05, 4.69) is 20.2 Å². The molecule has 9 heteroatoms. The van der Waals surface area contributed by atoms with Crippen molar-refractivity contribution < 1.29 is 13.9 Å². The van der Waals surface area contributed by atoms with Crippen molar-refractivity contribution in [2.24, 2.45) is 0 Å². The summed E-state index contributed by atoms with van der Waals surface area (Å²) in [4.78, 5) is 17.7. The van der Waals surface area contributed by atoms with Crippen molar-refractivity contribution in [2.45, 2.75) is 18.9 Å². The van der Waals surface area contributed by atoms with Crippen LogP contribution in [0.2, 0.25) is 0 Å². The number of rotatable bonds is 5. The second-order valence-corrected chi connectivity index (χ2v) is 7.82. The summed E-state index contributed by atoms with van der Waals surface area (Å²) < 4.78 is 24.3. The number of hydrogen-bond acceptors (Lipinski definition) is 8. The Balaban J connectivity index is 1.27. The molecule has 32 heavy (non-hydrogen) atoms. The second kappa shape index (κ2) is 8.86. The van der Waals surface area contributed by atoms with E-state index in [0.29, 0.717) is 36.5 Å². The van der Waals surface area contributed by atoms with Crippen molar-refractivity contribution in [3.8, 4) is 11.6 Å². The Bertz CT molecular complexity index is 1070. The topological polar surface area (TPSA) is 75.6 Å². The minimum atomic E-state index is -0.260. The largest absolute Gasteiger partial charge is 0.486 e. The van der Waals surface area contributed by atoms with Crippen LogP contribution in [0.25, 0.3) is 0 Å². The summed E-state index contributed by atoms with van der Waals surface area (Å²) in [6.07, 6.45) is 5.40. The van der Waals surface area contributed by atoms with Gasteiger partial charge in [-0.2, -0.15) is 4.98 Å². The van der Waals surface area contributed by atoms with Crippen LogP contribution in [0.4, 0.5) is 27.5 Å². The van der Waals surface area contributed by atoms with Crippen LogP contribution in [0.15, 0.2) is 48.8 Å². The Kier molecular flexibility index (Phi) is 5.62. The van der Waals surface area contributed by atoms with Crippen molar-refractivity contribution in [3.05, 3.63) is 54.6 Å². The number of benzene rings is 1. The molecule has 4 heterocycles. The molecule has 1 aromatic carbocycles. The van der Waals surface area contributed by atoms with Crippen LogP contribution in [0.3, 0.4) is 0 Å². The average Bonchev–Trinajstić information content (AvgIpc) is 2.85. The summed E-state index contributed by atoms with van der Waals surface area (Å²) in [5.41, 5.74) is 1.99. The zero-order valence-corrected chi connectivity index (χ0v) is 17.9. The molecule has 0 radical (unpaired) electrons. The van der Waals surface area contributed by atoms with Gasteiger partial charge < -0.3 is 24.6 Å². The number of piperidine rings is 1. The van der Waals surface area contributed by atoms with E-state index >= 15 is 0 Å². The van der Waals surface area contributed by atoms with Crippen LogP contribution in [0.1, 0.15) is 12.8 Å². The Hall–Kier alpha value is -3.62. The predicted octanol–water partition coefficient (Wildman–Crippen LogP) is 3.63. The quantitative estimate of drug-likeness (QED) is 0.650. The van der Waals surface area contributed by atoms with Crippen molar-refractivity contribution in [1.29, 1.82) is 0 Å². The number of methoxy groups -OCH3 is 1. The van der Waals surface area contributed by atoms with Crippen molar-refractivity contribution >= 4 is 23.1 Å². The molecule has 166 valence electrons. The third-order valence-electron chi connectivity index (χ3n) is 5.82. The van der Waals surface area contributed by atoms with Crippen LogP contribution in [-0.2, 0) is 0 Å². The molecule has 0 aliphatic carbocycles. The van der Waals surface area contributed by atoms with Gasteiger partial charge in [0, 0.05) is 42.8 Å². The maximum Gasteiger partial charge on any atom is 0.225 e. The number of ether oxygens (including phenoxy) is 2. The van der Waals surface area contributed by atoms with Crippen molar-refractivity contribution in [3.63, 3.8) is 0 Å². The highest BCUT2D eigenvalue weighted by Crippen LogP contribution is 2.35. The number of anilines is 4. The van der Waals surface area contributed by atoms with Gasteiger partial charge in [0.1, 0.15) is 12.4 Å². The minimum Gasteiger partial charge on any atom is -0.486 e. The lowest BCUT2D eigenvalue weighted by molar-refractivity contribution is 0.310. The summed E-state index contributed by atoms with van der Waals surface area (Å²) >= 11 is 0. The molecule has 1 N–H and O–H groups in total. The molecule has 0 bridgehead atoms. The molecule has 0 unspecified atom stereocenters. The van der Waals surface area contributed by atoms with Gasteiger partial charge in [0.15, 0.2) is 11.6 Å². The molecule has 3 aromatic rings. The van der Waals surface area contributed by atoms with E-state index in [-0.39, 0.29) is 11.9 Å². The van der Waals surface area contributed by atoms with Gasteiger partial charge in [0.05, 0.1) is 19.9 Å².